The minimum atomic E-state index is -0.943. The van der Waals surface area contributed by atoms with Gasteiger partial charge >= 0.3 is 5.97 Å². The fourth-order valence-corrected chi connectivity index (χ4v) is 2.37. The zero-order valence-corrected chi connectivity index (χ0v) is 12.2. The molecule has 5 nitrogen and oxygen atoms in total. The summed E-state index contributed by atoms with van der Waals surface area (Å²) in [6.45, 7) is 2.61. The number of anilines is 1. The molecule has 1 aromatic carbocycles. The molecule has 19 heavy (non-hydrogen) atoms. The minimum absolute atomic E-state index is 0.253. The first kappa shape index (κ1) is 13.6. The van der Waals surface area contributed by atoms with Gasteiger partial charge in [-0.25, -0.2) is 4.79 Å². The first-order valence-electron chi connectivity index (χ1n) is 5.73. The highest BCUT2D eigenvalue weighted by molar-refractivity contribution is 9.10. The van der Waals surface area contributed by atoms with Crippen molar-refractivity contribution >= 4 is 27.6 Å². The molecular weight excluding hydrogens is 310 g/mol. The van der Waals surface area contributed by atoms with Crippen LogP contribution in [0.3, 0.4) is 0 Å². The average molecular weight is 324 g/mol. The van der Waals surface area contributed by atoms with E-state index in [0.29, 0.717) is 11.0 Å². The quantitative estimate of drug-likeness (QED) is 0.907. The molecule has 0 aliphatic rings. The van der Waals surface area contributed by atoms with Gasteiger partial charge in [-0.3, -0.25) is 4.68 Å². The molecule has 0 amide bonds. The zero-order valence-electron chi connectivity index (χ0n) is 10.6. The van der Waals surface area contributed by atoms with E-state index in [1.807, 2.05) is 20.2 Å². The molecular formula is C13H14BrN3O2. The Balaban J connectivity index is 2.10. The third-order valence-electron chi connectivity index (χ3n) is 2.80. The van der Waals surface area contributed by atoms with Crippen LogP contribution in [0, 0.1) is 6.92 Å². The maximum atomic E-state index is 10.9. The van der Waals surface area contributed by atoms with E-state index < -0.39 is 5.97 Å². The molecule has 2 N–H and O–H groups in total. The SMILES string of the molecule is Cc1nn(C)cc1CNc1ccc(C(=O)O)c(Br)c1. The number of aromatic nitrogens is 2. The number of hydrogen-bond acceptors (Lipinski definition) is 3. The Morgan fingerprint density at radius 1 is 1.53 bits per heavy atom. The number of benzene rings is 1. The molecule has 0 fully saturated rings. The number of halogens is 1. The summed E-state index contributed by atoms with van der Waals surface area (Å²) in [6.07, 6.45) is 1.96. The zero-order chi connectivity index (χ0) is 14.0. The molecule has 0 saturated carbocycles. The van der Waals surface area contributed by atoms with Crippen LogP contribution >= 0.6 is 15.9 Å². The number of nitrogens with zero attached hydrogens (tertiary/aromatic N) is 2. The molecule has 0 spiro atoms. The number of carbonyl (C=O) groups is 1. The number of carboxylic acids is 1. The van der Waals surface area contributed by atoms with Crippen molar-refractivity contribution < 1.29 is 9.90 Å². The first-order chi connectivity index (χ1) is 8.97. The van der Waals surface area contributed by atoms with Crippen LogP contribution in [-0.2, 0) is 13.6 Å². The summed E-state index contributed by atoms with van der Waals surface area (Å²) < 4.78 is 2.34. The number of aryl methyl sites for hydroxylation is 2. The molecule has 1 heterocycles. The molecule has 0 aliphatic heterocycles. The summed E-state index contributed by atoms with van der Waals surface area (Å²) >= 11 is 3.26. The van der Waals surface area contributed by atoms with E-state index in [2.05, 4.69) is 26.3 Å². The van der Waals surface area contributed by atoms with Gasteiger partial charge in [-0.1, -0.05) is 0 Å². The maximum Gasteiger partial charge on any atom is 0.336 e. The predicted octanol–water partition coefficient (Wildman–Crippen LogP) is 2.80. The first-order valence-corrected chi connectivity index (χ1v) is 6.52. The van der Waals surface area contributed by atoms with Crippen molar-refractivity contribution in [3.8, 4) is 0 Å². The number of aromatic carboxylic acids is 1. The van der Waals surface area contributed by atoms with Crippen molar-refractivity contribution in [2.24, 2.45) is 7.05 Å². The Morgan fingerprint density at radius 2 is 2.26 bits per heavy atom. The highest BCUT2D eigenvalue weighted by atomic mass is 79.9. The highest BCUT2D eigenvalue weighted by Gasteiger charge is 2.09. The van der Waals surface area contributed by atoms with Crippen molar-refractivity contribution in [3.63, 3.8) is 0 Å². The molecule has 0 unspecified atom stereocenters. The topological polar surface area (TPSA) is 67.2 Å². The van der Waals surface area contributed by atoms with Gasteiger partial charge in [-0.05, 0) is 41.1 Å². The monoisotopic (exact) mass is 323 g/mol. The Hall–Kier alpha value is -1.82. The Labute approximate surface area is 119 Å². The normalized spacial score (nSPS) is 10.5. The van der Waals surface area contributed by atoms with E-state index in [0.717, 1.165) is 16.9 Å². The molecule has 100 valence electrons. The van der Waals surface area contributed by atoms with Crippen molar-refractivity contribution in [3.05, 3.63) is 45.7 Å². The Bertz CT molecular complexity index is 622. The molecule has 2 rings (SSSR count). The number of carboxylic acid groups (broad SMARTS) is 1. The van der Waals surface area contributed by atoms with Gasteiger partial charge in [0, 0.05) is 35.5 Å². The van der Waals surface area contributed by atoms with E-state index in [1.165, 1.54) is 0 Å². The Morgan fingerprint density at radius 3 is 2.79 bits per heavy atom. The Kier molecular flexibility index (Phi) is 3.90. The van der Waals surface area contributed by atoms with Gasteiger partial charge in [0.1, 0.15) is 0 Å². The second-order valence-electron chi connectivity index (χ2n) is 4.27. The van der Waals surface area contributed by atoms with Crippen molar-refractivity contribution in [1.82, 2.24) is 9.78 Å². The summed E-state index contributed by atoms with van der Waals surface area (Å²) in [6, 6.07) is 5.08. The second kappa shape index (κ2) is 5.44. The third-order valence-corrected chi connectivity index (χ3v) is 3.45. The van der Waals surface area contributed by atoms with E-state index >= 15 is 0 Å². The fourth-order valence-electron chi connectivity index (χ4n) is 1.82. The van der Waals surface area contributed by atoms with Crippen molar-refractivity contribution in [2.45, 2.75) is 13.5 Å². The lowest BCUT2D eigenvalue weighted by Crippen LogP contribution is -2.02. The molecule has 0 radical (unpaired) electrons. The molecule has 0 atom stereocenters. The average Bonchev–Trinajstić information content (AvgIpc) is 2.65. The van der Waals surface area contributed by atoms with Gasteiger partial charge < -0.3 is 10.4 Å². The van der Waals surface area contributed by atoms with Gasteiger partial charge in [0.15, 0.2) is 0 Å². The molecule has 2 aromatic rings. The lowest BCUT2D eigenvalue weighted by Gasteiger charge is -2.07. The van der Waals surface area contributed by atoms with Crippen LogP contribution in [0.25, 0.3) is 0 Å². The maximum absolute atomic E-state index is 10.9. The smallest absolute Gasteiger partial charge is 0.336 e. The fraction of sp³-hybridized carbons (Fsp3) is 0.231. The van der Waals surface area contributed by atoms with Crippen LogP contribution in [0.1, 0.15) is 21.6 Å². The van der Waals surface area contributed by atoms with Gasteiger partial charge in [0.2, 0.25) is 0 Å². The lowest BCUT2D eigenvalue weighted by atomic mass is 10.2. The summed E-state index contributed by atoms with van der Waals surface area (Å²) in [5.74, 6) is -0.943. The molecule has 0 bridgehead atoms. The molecule has 0 saturated heterocycles. The summed E-state index contributed by atoms with van der Waals surface area (Å²) in [7, 11) is 1.88. The van der Waals surface area contributed by atoms with Crippen molar-refractivity contribution in [2.75, 3.05) is 5.32 Å². The van der Waals surface area contributed by atoms with Crippen LogP contribution < -0.4 is 5.32 Å². The predicted molar refractivity (Wildman–Crippen MR) is 76.4 cm³/mol. The summed E-state index contributed by atoms with van der Waals surface area (Å²) in [5, 5.41) is 16.5. The van der Waals surface area contributed by atoms with E-state index in [4.69, 9.17) is 5.11 Å². The molecule has 6 heteroatoms. The number of rotatable bonds is 4. The van der Waals surface area contributed by atoms with Crippen LogP contribution in [0.4, 0.5) is 5.69 Å². The van der Waals surface area contributed by atoms with Crippen LogP contribution in [0.15, 0.2) is 28.9 Å². The summed E-state index contributed by atoms with van der Waals surface area (Å²) in [4.78, 5) is 10.9. The van der Waals surface area contributed by atoms with Gasteiger partial charge in [0.05, 0.1) is 11.3 Å². The van der Waals surface area contributed by atoms with Gasteiger partial charge in [0.25, 0.3) is 0 Å². The highest BCUT2D eigenvalue weighted by Crippen LogP contribution is 2.22. The molecule has 0 aliphatic carbocycles. The van der Waals surface area contributed by atoms with E-state index in [9.17, 15) is 4.79 Å². The summed E-state index contributed by atoms with van der Waals surface area (Å²) in [5.41, 5.74) is 3.21. The third kappa shape index (κ3) is 3.14. The van der Waals surface area contributed by atoms with E-state index in [1.54, 1.807) is 22.9 Å². The minimum Gasteiger partial charge on any atom is -0.478 e. The standard InChI is InChI=1S/C13H14BrN3O2/c1-8-9(7-17(2)16-8)6-15-10-3-4-11(13(18)19)12(14)5-10/h3-5,7,15H,6H2,1-2H3,(H,18,19). The van der Waals surface area contributed by atoms with E-state index in [-0.39, 0.29) is 5.56 Å². The largest absolute Gasteiger partial charge is 0.478 e. The van der Waals surface area contributed by atoms with Crippen LogP contribution in [0.2, 0.25) is 0 Å². The van der Waals surface area contributed by atoms with Gasteiger partial charge in [-0.2, -0.15) is 5.10 Å². The number of nitrogens with one attached hydrogen (secondary N) is 1. The van der Waals surface area contributed by atoms with Gasteiger partial charge in [-0.15, -0.1) is 0 Å². The van der Waals surface area contributed by atoms with Crippen LogP contribution in [0.5, 0.6) is 0 Å². The number of hydrogen-bond donors (Lipinski definition) is 2. The second-order valence-corrected chi connectivity index (χ2v) is 5.12. The lowest BCUT2D eigenvalue weighted by molar-refractivity contribution is 0.0696. The molecule has 1 aromatic heterocycles. The van der Waals surface area contributed by atoms with Crippen molar-refractivity contribution in [1.29, 1.82) is 0 Å². The van der Waals surface area contributed by atoms with Crippen LogP contribution in [-0.4, -0.2) is 20.9 Å².